The van der Waals surface area contributed by atoms with Crippen molar-refractivity contribution in [2.24, 2.45) is 11.8 Å². The molecule has 9 nitrogen and oxygen atoms in total. The van der Waals surface area contributed by atoms with Crippen LogP contribution in [0.15, 0.2) is 54.6 Å². The van der Waals surface area contributed by atoms with Gasteiger partial charge < -0.3 is 30.2 Å². The van der Waals surface area contributed by atoms with Gasteiger partial charge in [-0.05, 0) is 54.4 Å². The second-order valence-corrected chi connectivity index (χ2v) is 10.4. The Bertz CT molecular complexity index is 1060. The summed E-state index contributed by atoms with van der Waals surface area (Å²) in [5.74, 6) is -0.0728. The van der Waals surface area contributed by atoms with E-state index in [1.165, 1.54) is 0 Å². The standard InChI is InChI=1S/C30H41N3O6/c1-20(2)15-26(28(35)31-24(18-34)17-22-11-13-25(38-5)14-12-22)32-29(36)27(16-21(3)4)33-30(37)39-19-23-9-7-6-8-10-23/h6-14,18,20-21,24,26-27H,15-17,19H2,1-5H3,(H,31,35)(H,32,36)(H,33,37). The summed E-state index contributed by atoms with van der Waals surface area (Å²) in [5.41, 5.74) is 1.68. The molecule has 0 heterocycles. The third kappa shape index (κ3) is 11.6. The summed E-state index contributed by atoms with van der Waals surface area (Å²) in [5, 5.41) is 8.17. The second kappa shape index (κ2) is 16.2. The zero-order valence-corrected chi connectivity index (χ0v) is 23.4. The van der Waals surface area contributed by atoms with E-state index < -0.39 is 36.0 Å². The maximum absolute atomic E-state index is 13.2. The summed E-state index contributed by atoms with van der Waals surface area (Å²) in [7, 11) is 1.57. The topological polar surface area (TPSA) is 123 Å². The first-order valence-corrected chi connectivity index (χ1v) is 13.3. The lowest BCUT2D eigenvalue weighted by atomic mass is 9.99. The largest absolute Gasteiger partial charge is 0.497 e. The lowest BCUT2D eigenvalue weighted by Crippen LogP contribution is -2.55. The third-order valence-electron chi connectivity index (χ3n) is 5.98. The van der Waals surface area contributed by atoms with Crippen molar-refractivity contribution >= 4 is 24.2 Å². The van der Waals surface area contributed by atoms with E-state index in [-0.39, 0.29) is 18.4 Å². The molecule has 0 fully saturated rings. The Morgan fingerprint density at radius 3 is 1.87 bits per heavy atom. The summed E-state index contributed by atoms with van der Waals surface area (Å²) in [6, 6.07) is 13.9. The zero-order chi connectivity index (χ0) is 28.8. The number of alkyl carbamates (subject to hydrolysis) is 1. The van der Waals surface area contributed by atoms with Crippen molar-refractivity contribution in [3.05, 3.63) is 65.7 Å². The lowest BCUT2D eigenvalue weighted by Gasteiger charge is -2.26. The summed E-state index contributed by atoms with van der Waals surface area (Å²) in [6.45, 7) is 7.81. The molecule has 2 aromatic rings. The zero-order valence-electron chi connectivity index (χ0n) is 23.4. The lowest BCUT2D eigenvalue weighted by molar-refractivity contribution is -0.131. The van der Waals surface area contributed by atoms with Gasteiger partial charge >= 0.3 is 6.09 Å². The molecule has 0 radical (unpaired) electrons. The number of aldehydes is 1. The smallest absolute Gasteiger partial charge is 0.408 e. The molecule has 0 bridgehead atoms. The SMILES string of the molecule is COc1ccc(CC(C=O)NC(=O)C(CC(C)C)NC(=O)C(CC(C)C)NC(=O)OCc2ccccc2)cc1. The van der Waals surface area contributed by atoms with Gasteiger partial charge in [0.15, 0.2) is 0 Å². The van der Waals surface area contributed by atoms with Crippen LogP contribution in [0.2, 0.25) is 0 Å². The monoisotopic (exact) mass is 539 g/mol. The average molecular weight is 540 g/mol. The predicted octanol–water partition coefficient (Wildman–Crippen LogP) is 3.79. The minimum Gasteiger partial charge on any atom is -0.497 e. The minimum absolute atomic E-state index is 0.0718. The Balaban J connectivity index is 2.04. The number of nitrogens with one attached hydrogen (secondary N) is 3. The van der Waals surface area contributed by atoms with E-state index in [4.69, 9.17) is 9.47 Å². The Labute approximate surface area is 231 Å². The van der Waals surface area contributed by atoms with E-state index in [0.717, 1.165) is 11.1 Å². The first kappa shape index (κ1) is 31.3. The molecule has 0 spiro atoms. The van der Waals surface area contributed by atoms with Crippen molar-refractivity contribution in [1.29, 1.82) is 0 Å². The fourth-order valence-corrected chi connectivity index (χ4v) is 4.02. The molecule has 2 rings (SSSR count). The van der Waals surface area contributed by atoms with Crippen LogP contribution in [0.3, 0.4) is 0 Å². The van der Waals surface area contributed by atoms with Gasteiger partial charge in [-0.2, -0.15) is 0 Å². The van der Waals surface area contributed by atoms with Crippen molar-refractivity contribution in [2.75, 3.05) is 7.11 Å². The van der Waals surface area contributed by atoms with Gasteiger partial charge in [-0.15, -0.1) is 0 Å². The number of hydrogen-bond acceptors (Lipinski definition) is 6. The van der Waals surface area contributed by atoms with Gasteiger partial charge in [0.1, 0.15) is 30.7 Å². The van der Waals surface area contributed by atoms with Crippen molar-refractivity contribution in [3.63, 3.8) is 0 Å². The highest BCUT2D eigenvalue weighted by molar-refractivity contribution is 5.92. The van der Waals surface area contributed by atoms with E-state index >= 15 is 0 Å². The minimum atomic E-state index is -0.892. The Morgan fingerprint density at radius 2 is 1.33 bits per heavy atom. The van der Waals surface area contributed by atoms with Crippen LogP contribution in [0.4, 0.5) is 4.79 Å². The number of carbonyl (C=O) groups excluding carboxylic acids is 4. The van der Waals surface area contributed by atoms with Crippen LogP contribution < -0.4 is 20.7 Å². The molecule has 9 heteroatoms. The molecule has 0 aliphatic heterocycles. The predicted molar refractivity (Wildman–Crippen MR) is 149 cm³/mol. The van der Waals surface area contributed by atoms with Crippen molar-refractivity contribution in [2.45, 2.75) is 71.7 Å². The van der Waals surface area contributed by atoms with Gasteiger partial charge in [0.25, 0.3) is 0 Å². The summed E-state index contributed by atoms with van der Waals surface area (Å²) in [4.78, 5) is 50.7. The molecule has 2 aromatic carbocycles. The third-order valence-corrected chi connectivity index (χ3v) is 5.98. The van der Waals surface area contributed by atoms with Crippen LogP contribution in [0, 0.1) is 11.8 Å². The van der Waals surface area contributed by atoms with Crippen LogP contribution in [0.25, 0.3) is 0 Å². The van der Waals surface area contributed by atoms with Crippen molar-refractivity contribution in [1.82, 2.24) is 16.0 Å². The van der Waals surface area contributed by atoms with Crippen LogP contribution in [-0.2, 0) is 32.1 Å². The van der Waals surface area contributed by atoms with E-state index in [0.29, 0.717) is 31.3 Å². The van der Waals surface area contributed by atoms with Crippen LogP contribution in [0.5, 0.6) is 5.75 Å². The van der Waals surface area contributed by atoms with Gasteiger partial charge in [0, 0.05) is 0 Å². The number of amides is 3. The number of carbonyl (C=O) groups is 4. The Kier molecular flexibility index (Phi) is 13.0. The van der Waals surface area contributed by atoms with Gasteiger partial charge in [0.2, 0.25) is 11.8 Å². The molecule has 0 saturated heterocycles. The Hall–Kier alpha value is -3.88. The number of hydrogen-bond donors (Lipinski definition) is 3. The van der Waals surface area contributed by atoms with Crippen LogP contribution in [0.1, 0.15) is 51.7 Å². The van der Waals surface area contributed by atoms with Crippen LogP contribution in [-0.4, -0.2) is 49.4 Å². The molecule has 3 amide bonds. The van der Waals surface area contributed by atoms with Gasteiger partial charge in [-0.25, -0.2) is 4.79 Å². The van der Waals surface area contributed by atoms with Gasteiger partial charge in [0.05, 0.1) is 13.2 Å². The first-order chi connectivity index (χ1) is 18.6. The maximum atomic E-state index is 13.2. The molecule has 3 N–H and O–H groups in total. The van der Waals surface area contributed by atoms with Crippen molar-refractivity contribution in [3.8, 4) is 5.75 Å². The van der Waals surface area contributed by atoms with Gasteiger partial charge in [-0.1, -0.05) is 70.2 Å². The molecule has 0 saturated carbocycles. The Morgan fingerprint density at radius 1 is 0.769 bits per heavy atom. The molecular formula is C30H41N3O6. The van der Waals surface area contributed by atoms with Crippen molar-refractivity contribution < 1.29 is 28.7 Å². The normalized spacial score (nSPS) is 13.2. The summed E-state index contributed by atoms with van der Waals surface area (Å²) in [6.07, 6.45) is 0.981. The summed E-state index contributed by atoms with van der Waals surface area (Å²) >= 11 is 0. The number of methoxy groups -OCH3 is 1. The van der Waals surface area contributed by atoms with Crippen LogP contribution >= 0.6 is 0 Å². The van der Waals surface area contributed by atoms with Gasteiger partial charge in [-0.3, -0.25) is 9.59 Å². The fourth-order valence-electron chi connectivity index (χ4n) is 4.02. The number of benzene rings is 2. The molecule has 3 atom stereocenters. The fraction of sp³-hybridized carbons (Fsp3) is 0.467. The van der Waals surface area contributed by atoms with E-state index in [2.05, 4.69) is 16.0 Å². The number of rotatable bonds is 15. The highest BCUT2D eigenvalue weighted by atomic mass is 16.5. The van der Waals surface area contributed by atoms with E-state index in [1.807, 2.05) is 70.2 Å². The van der Waals surface area contributed by atoms with E-state index in [9.17, 15) is 19.2 Å². The number of ether oxygens (including phenoxy) is 2. The molecule has 212 valence electrons. The highest BCUT2D eigenvalue weighted by Crippen LogP contribution is 2.13. The quantitative estimate of drug-likeness (QED) is 0.296. The molecule has 39 heavy (non-hydrogen) atoms. The highest BCUT2D eigenvalue weighted by Gasteiger charge is 2.29. The molecular weight excluding hydrogens is 498 g/mol. The second-order valence-electron chi connectivity index (χ2n) is 10.4. The summed E-state index contributed by atoms with van der Waals surface area (Å²) < 4.78 is 10.4. The first-order valence-electron chi connectivity index (χ1n) is 13.3. The van der Waals surface area contributed by atoms with E-state index in [1.54, 1.807) is 19.2 Å². The molecule has 0 aliphatic rings. The maximum Gasteiger partial charge on any atom is 0.408 e. The molecule has 0 aliphatic carbocycles. The molecule has 3 unspecified atom stereocenters. The average Bonchev–Trinajstić information content (AvgIpc) is 2.91. The molecule has 0 aromatic heterocycles.